The standard InChI is InChI=1S/C16H13NO4/c1-11-6-2-5-9-14(11)17-21-10-12-7-3-4-8-13(12)15(18)16(19)20/h1-9,17H,10H2,(H,19,20). The fraction of sp³-hybridized carbons (Fsp3) is 0.0625. The first-order valence-corrected chi connectivity index (χ1v) is 6.17. The first-order chi connectivity index (χ1) is 10.1. The van der Waals surface area contributed by atoms with E-state index in [-0.39, 0.29) is 12.2 Å². The maximum absolute atomic E-state index is 11.6. The molecule has 0 bridgehead atoms. The molecule has 0 spiro atoms. The van der Waals surface area contributed by atoms with Crippen LogP contribution in [0.5, 0.6) is 0 Å². The van der Waals surface area contributed by atoms with Crippen LogP contribution in [0.25, 0.3) is 0 Å². The number of carbonyl (C=O) groups excluding carboxylic acids is 1. The van der Waals surface area contributed by atoms with Crippen LogP contribution in [0.15, 0.2) is 48.5 Å². The quantitative estimate of drug-likeness (QED) is 0.484. The Hall–Kier alpha value is -2.66. The van der Waals surface area contributed by atoms with E-state index in [0.29, 0.717) is 16.8 Å². The van der Waals surface area contributed by atoms with Gasteiger partial charge < -0.3 is 5.11 Å². The first kappa shape index (κ1) is 14.7. The van der Waals surface area contributed by atoms with Crippen molar-refractivity contribution in [2.45, 2.75) is 6.61 Å². The van der Waals surface area contributed by atoms with Gasteiger partial charge in [0.15, 0.2) is 0 Å². The molecule has 2 aromatic carbocycles. The van der Waals surface area contributed by atoms with Gasteiger partial charge in [-0.05, 0) is 17.2 Å². The van der Waals surface area contributed by atoms with Gasteiger partial charge in [0.25, 0.3) is 5.78 Å². The summed E-state index contributed by atoms with van der Waals surface area (Å²) < 4.78 is 0. The topological polar surface area (TPSA) is 75.6 Å². The van der Waals surface area contributed by atoms with E-state index in [1.807, 2.05) is 0 Å². The Kier molecular flexibility index (Phi) is 4.68. The summed E-state index contributed by atoms with van der Waals surface area (Å²) in [5, 5.41) is 8.78. The third-order valence-corrected chi connectivity index (χ3v) is 2.83. The van der Waals surface area contributed by atoms with Crippen molar-refractivity contribution in [2.75, 3.05) is 5.48 Å². The molecular weight excluding hydrogens is 270 g/mol. The van der Waals surface area contributed by atoms with Crippen LogP contribution >= 0.6 is 0 Å². The maximum atomic E-state index is 11.6. The summed E-state index contributed by atoms with van der Waals surface area (Å²) in [6.45, 7) is 5.77. The highest BCUT2D eigenvalue weighted by Crippen LogP contribution is 2.15. The third-order valence-electron chi connectivity index (χ3n) is 2.83. The van der Waals surface area contributed by atoms with Gasteiger partial charge in [0.05, 0.1) is 5.69 Å². The van der Waals surface area contributed by atoms with Crippen LogP contribution < -0.4 is 5.48 Å². The number of Topliss-reactive ketones (excluding diaryl/α,β-unsaturated/α-hetero) is 1. The van der Waals surface area contributed by atoms with Crippen LogP contribution in [0.1, 0.15) is 21.5 Å². The lowest BCUT2D eigenvalue weighted by atomic mass is 10.0. The number of carbonyl (C=O) groups is 2. The van der Waals surface area contributed by atoms with Gasteiger partial charge in [0, 0.05) is 12.5 Å². The normalized spacial score (nSPS) is 10.1. The maximum Gasteiger partial charge on any atom is 0.377 e. The smallest absolute Gasteiger partial charge is 0.377 e. The van der Waals surface area contributed by atoms with Crippen LogP contribution in [-0.2, 0) is 16.2 Å². The van der Waals surface area contributed by atoms with Crippen molar-refractivity contribution in [3.8, 4) is 0 Å². The van der Waals surface area contributed by atoms with Crippen molar-refractivity contribution in [2.24, 2.45) is 0 Å². The monoisotopic (exact) mass is 283 g/mol. The van der Waals surface area contributed by atoms with Crippen LogP contribution in [0.2, 0.25) is 0 Å². The second kappa shape index (κ2) is 6.67. The largest absolute Gasteiger partial charge is 0.475 e. The van der Waals surface area contributed by atoms with Crippen molar-refractivity contribution in [3.05, 3.63) is 72.1 Å². The summed E-state index contributed by atoms with van der Waals surface area (Å²) in [5.41, 5.74) is 4.37. The molecule has 0 fully saturated rings. The van der Waals surface area contributed by atoms with E-state index >= 15 is 0 Å². The Morgan fingerprint density at radius 2 is 1.76 bits per heavy atom. The average Bonchev–Trinajstić information content (AvgIpc) is 2.49. The minimum absolute atomic E-state index is 0.0313. The molecule has 0 heterocycles. The van der Waals surface area contributed by atoms with E-state index in [1.54, 1.807) is 42.5 Å². The van der Waals surface area contributed by atoms with Crippen molar-refractivity contribution < 1.29 is 19.5 Å². The molecule has 0 unspecified atom stereocenters. The number of aliphatic carboxylic acids is 1. The van der Waals surface area contributed by atoms with E-state index in [0.717, 1.165) is 0 Å². The van der Waals surface area contributed by atoms with Crippen molar-refractivity contribution in [3.63, 3.8) is 0 Å². The Labute approximate surface area is 122 Å². The number of ketones is 1. The molecule has 21 heavy (non-hydrogen) atoms. The molecule has 2 N–H and O–H groups in total. The minimum Gasteiger partial charge on any atom is -0.475 e. The molecule has 5 heteroatoms. The molecule has 2 aromatic rings. The Morgan fingerprint density at radius 3 is 2.48 bits per heavy atom. The molecule has 0 aliphatic rings. The lowest BCUT2D eigenvalue weighted by Gasteiger charge is -2.11. The summed E-state index contributed by atoms with van der Waals surface area (Å²) >= 11 is 0. The number of anilines is 1. The van der Waals surface area contributed by atoms with Gasteiger partial charge in [-0.1, -0.05) is 42.5 Å². The zero-order valence-corrected chi connectivity index (χ0v) is 11.1. The number of hydrogen-bond acceptors (Lipinski definition) is 4. The van der Waals surface area contributed by atoms with E-state index in [2.05, 4.69) is 5.48 Å². The van der Waals surface area contributed by atoms with E-state index in [4.69, 9.17) is 16.9 Å². The lowest BCUT2D eigenvalue weighted by molar-refractivity contribution is -0.131. The van der Waals surface area contributed by atoms with Crippen molar-refractivity contribution in [1.29, 1.82) is 0 Å². The molecule has 5 nitrogen and oxygen atoms in total. The molecule has 0 aliphatic carbocycles. The number of carboxylic acid groups (broad SMARTS) is 1. The molecule has 0 saturated carbocycles. The van der Waals surface area contributed by atoms with Gasteiger partial charge in [-0.15, -0.1) is 0 Å². The number of para-hydroxylation sites is 1. The van der Waals surface area contributed by atoms with Gasteiger partial charge >= 0.3 is 5.97 Å². The molecule has 0 aliphatic heterocycles. The number of benzene rings is 2. The molecule has 0 saturated heterocycles. The molecule has 0 amide bonds. The second-order valence-corrected chi connectivity index (χ2v) is 4.27. The van der Waals surface area contributed by atoms with Crippen LogP contribution in [-0.4, -0.2) is 16.9 Å². The Morgan fingerprint density at radius 1 is 1.10 bits per heavy atom. The zero-order valence-electron chi connectivity index (χ0n) is 11.1. The highest BCUT2D eigenvalue weighted by molar-refractivity contribution is 6.40. The highest BCUT2D eigenvalue weighted by atomic mass is 16.6. The van der Waals surface area contributed by atoms with Crippen LogP contribution in [0, 0.1) is 6.92 Å². The fourth-order valence-corrected chi connectivity index (χ4v) is 1.76. The van der Waals surface area contributed by atoms with E-state index in [9.17, 15) is 9.59 Å². The molecule has 106 valence electrons. The van der Waals surface area contributed by atoms with Crippen molar-refractivity contribution in [1.82, 2.24) is 0 Å². The molecule has 0 aromatic heterocycles. The zero-order chi connectivity index (χ0) is 15.2. The molecule has 2 rings (SSSR count). The molecular formula is C16H13NO4. The highest BCUT2D eigenvalue weighted by Gasteiger charge is 2.17. The summed E-state index contributed by atoms with van der Waals surface area (Å²) in [6, 6.07) is 13.4. The van der Waals surface area contributed by atoms with Crippen molar-refractivity contribution >= 4 is 17.4 Å². The Balaban J connectivity index is 2.06. The van der Waals surface area contributed by atoms with Gasteiger partial charge in [-0.3, -0.25) is 15.1 Å². The summed E-state index contributed by atoms with van der Waals surface area (Å²) in [4.78, 5) is 27.6. The summed E-state index contributed by atoms with van der Waals surface area (Å²) in [6.07, 6.45) is 0. The summed E-state index contributed by atoms with van der Waals surface area (Å²) in [7, 11) is 0. The number of rotatable bonds is 6. The SMILES string of the molecule is [CH]c1ccccc1NOCc1ccccc1C(=O)C(=O)O. The second-order valence-electron chi connectivity index (χ2n) is 4.27. The number of carboxylic acids is 1. The van der Waals surface area contributed by atoms with E-state index < -0.39 is 11.8 Å². The molecule has 2 radical (unpaired) electrons. The lowest BCUT2D eigenvalue weighted by Crippen LogP contribution is -2.15. The minimum atomic E-state index is -1.50. The number of nitrogens with one attached hydrogen (secondary N) is 1. The predicted molar refractivity (Wildman–Crippen MR) is 76.7 cm³/mol. The Bertz CT molecular complexity index is 667. The van der Waals surface area contributed by atoms with Gasteiger partial charge in [-0.2, -0.15) is 0 Å². The molecule has 0 atom stereocenters. The van der Waals surface area contributed by atoms with Crippen LogP contribution in [0.4, 0.5) is 5.69 Å². The summed E-state index contributed by atoms with van der Waals surface area (Å²) in [5.74, 6) is -2.46. The van der Waals surface area contributed by atoms with E-state index in [1.165, 1.54) is 6.07 Å². The third kappa shape index (κ3) is 3.67. The fourth-order valence-electron chi connectivity index (χ4n) is 1.76. The average molecular weight is 283 g/mol. The van der Waals surface area contributed by atoms with Gasteiger partial charge in [-0.25, -0.2) is 4.79 Å². The number of hydrogen-bond donors (Lipinski definition) is 2. The van der Waals surface area contributed by atoms with Crippen LogP contribution in [0.3, 0.4) is 0 Å². The van der Waals surface area contributed by atoms with Gasteiger partial charge in [0.2, 0.25) is 0 Å². The van der Waals surface area contributed by atoms with Gasteiger partial charge in [0.1, 0.15) is 6.61 Å². The predicted octanol–water partition coefficient (Wildman–Crippen LogP) is 2.56. The first-order valence-electron chi connectivity index (χ1n) is 6.17.